The second-order valence-corrected chi connectivity index (χ2v) is 14.3. The molecule has 0 aliphatic rings. The topological polar surface area (TPSA) is 50.1 Å². The fourth-order valence-corrected chi connectivity index (χ4v) is 8.39. The number of hydrogen-bond acceptors (Lipinski definition) is 3. The molecule has 0 aromatic heterocycles. The SMILES string of the molecule is NC(NC(NCc1ccc2c(ccc3c4ccccc4ccc23)c1)c1ccc(-c2c3ccccc3cc3c2ccc2ccccc23)cc1)c1ccccc1. The van der Waals surface area contributed by atoms with E-state index < -0.39 is 0 Å². The maximum absolute atomic E-state index is 6.81. The molecule has 0 bridgehead atoms. The van der Waals surface area contributed by atoms with Crippen LogP contribution in [-0.4, -0.2) is 0 Å². The summed E-state index contributed by atoms with van der Waals surface area (Å²) in [5.74, 6) is 0. The first-order valence-electron chi connectivity index (χ1n) is 18.7. The summed E-state index contributed by atoms with van der Waals surface area (Å²) in [6.07, 6.45) is -0.544. The Morgan fingerprint density at radius 1 is 0.389 bits per heavy atom. The molecule has 0 saturated carbocycles. The van der Waals surface area contributed by atoms with Crippen molar-refractivity contribution in [3.63, 3.8) is 0 Å². The normalized spacial score (nSPS) is 13.0. The van der Waals surface area contributed by atoms with Crippen LogP contribution in [0.25, 0.3) is 75.8 Å². The summed E-state index contributed by atoms with van der Waals surface area (Å²) in [4.78, 5) is 0. The van der Waals surface area contributed by atoms with Crippen LogP contribution in [0.3, 0.4) is 0 Å². The van der Waals surface area contributed by atoms with Gasteiger partial charge in [-0.25, -0.2) is 0 Å². The molecule has 2 atom stereocenters. The second kappa shape index (κ2) is 13.6. The van der Waals surface area contributed by atoms with Gasteiger partial charge in [-0.1, -0.05) is 176 Å². The molecule has 0 fully saturated rings. The van der Waals surface area contributed by atoms with Gasteiger partial charge in [0.15, 0.2) is 0 Å². The van der Waals surface area contributed by atoms with Crippen LogP contribution in [0.15, 0.2) is 188 Å². The molecule has 10 aromatic carbocycles. The van der Waals surface area contributed by atoms with E-state index in [1.54, 1.807) is 0 Å². The van der Waals surface area contributed by atoms with Gasteiger partial charge in [-0.3, -0.25) is 10.6 Å². The van der Waals surface area contributed by atoms with E-state index in [1.165, 1.54) is 81.3 Å². The third-order valence-electron chi connectivity index (χ3n) is 11.1. The fraction of sp³-hybridized carbons (Fsp3) is 0.0588. The van der Waals surface area contributed by atoms with Gasteiger partial charge in [0.05, 0.1) is 12.3 Å². The van der Waals surface area contributed by atoms with Gasteiger partial charge in [0, 0.05) is 6.54 Å². The largest absolute Gasteiger partial charge is 0.312 e. The highest BCUT2D eigenvalue weighted by molar-refractivity contribution is 6.20. The van der Waals surface area contributed by atoms with E-state index in [0.717, 1.165) is 11.1 Å². The molecule has 0 amide bonds. The van der Waals surface area contributed by atoms with Crippen molar-refractivity contribution in [2.24, 2.45) is 5.73 Å². The molecule has 258 valence electrons. The van der Waals surface area contributed by atoms with Crippen molar-refractivity contribution in [1.82, 2.24) is 10.6 Å². The van der Waals surface area contributed by atoms with Gasteiger partial charge in [0.25, 0.3) is 0 Å². The summed E-state index contributed by atoms with van der Waals surface area (Å²) in [6, 6.07) is 68.0. The fourth-order valence-electron chi connectivity index (χ4n) is 8.39. The van der Waals surface area contributed by atoms with Crippen LogP contribution in [0.5, 0.6) is 0 Å². The molecule has 0 saturated heterocycles. The number of nitrogens with two attached hydrogens (primary N) is 1. The van der Waals surface area contributed by atoms with Crippen molar-refractivity contribution < 1.29 is 0 Å². The molecule has 0 aliphatic heterocycles. The molecule has 0 aliphatic carbocycles. The molecule has 0 radical (unpaired) electrons. The monoisotopic (exact) mass is 693 g/mol. The van der Waals surface area contributed by atoms with E-state index in [0.29, 0.717) is 6.54 Å². The quantitative estimate of drug-likeness (QED) is 0.0843. The average Bonchev–Trinajstić information content (AvgIpc) is 3.24. The molecule has 4 N–H and O–H groups in total. The zero-order valence-corrected chi connectivity index (χ0v) is 29.8. The zero-order chi connectivity index (χ0) is 36.0. The molecular weight excluding hydrogens is 655 g/mol. The predicted molar refractivity (Wildman–Crippen MR) is 229 cm³/mol. The first kappa shape index (κ1) is 32.3. The van der Waals surface area contributed by atoms with Crippen LogP contribution in [0.4, 0.5) is 0 Å². The van der Waals surface area contributed by atoms with Gasteiger partial charge in [0.2, 0.25) is 0 Å². The van der Waals surface area contributed by atoms with E-state index in [-0.39, 0.29) is 12.3 Å². The number of rotatable bonds is 8. The molecule has 0 heterocycles. The Kier molecular flexibility index (Phi) is 8.11. The first-order valence-corrected chi connectivity index (χ1v) is 18.7. The predicted octanol–water partition coefficient (Wildman–Crippen LogP) is 12.3. The minimum Gasteiger partial charge on any atom is -0.312 e. The molecule has 3 nitrogen and oxygen atoms in total. The lowest BCUT2D eigenvalue weighted by Gasteiger charge is -2.26. The summed E-state index contributed by atoms with van der Waals surface area (Å²) in [5, 5.41) is 22.7. The maximum Gasteiger partial charge on any atom is 0.0852 e. The highest BCUT2D eigenvalue weighted by Crippen LogP contribution is 2.40. The Balaban J connectivity index is 1.00. The summed E-state index contributed by atoms with van der Waals surface area (Å²) in [7, 11) is 0. The van der Waals surface area contributed by atoms with Gasteiger partial charge < -0.3 is 5.73 Å². The Labute approximate surface area is 314 Å². The molecule has 10 aromatic rings. The minimum absolute atomic E-state index is 0.193. The van der Waals surface area contributed by atoms with Gasteiger partial charge in [-0.05, 0) is 105 Å². The lowest BCUT2D eigenvalue weighted by Crippen LogP contribution is -2.39. The average molecular weight is 694 g/mol. The van der Waals surface area contributed by atoms with Crippen LogP contribution < -0.4 is 16.4 Å². The maximum atomic E-state index is 6.81. The van der Waals surface area contributed by atoms with Gasteiger partial charge in [-0.15, -0.1) is 0 Å². The summed E-state index contributed by atoms with van der Waals surface area (Å²) in [5.41, 5.74) is 12.6. The number of nitrogens with one attached hydrogen (secondary N) is 2. The van der Waals surface area contributed by atoms with Crippen molar-refractivity contribution in [2.45, 2.75) is 18.9 Å². The van der Waals surface area contributed by atoms with Crippen LogP contribution in [0.2, 0.25) is 0 Å². The third-order valence-corrected chi connectivity index (χ3v) is 11.1. The summed E-state index contributed by atoms with van der Waals surface area (Å²) >= 11 is 0. The van der Waals surface area contributed by atoms with E-state index in [4.69, 9.17) is 5.73 Å². The smallest absolute Gasteiger partial charge is 0.0852 e. The van der Waals surface area contributed by atoms with Crippen LogP contribution in [0, 0.1) is 0 Å². The van der Waals surface area contributed by atoms with E-state index in [2.05, 4.69) is 180 Å². The third kappa shape index (κ3) is 5.76. The number of fused-ring (bicyclic) bond motifs is 9. The van der Waals surface area contributed by atoms with Crippen LogP contribution >= 0.6 is 0 Å². The summed E-state index contributed by atoms with van der Waals surface area (Å²) in [6.45, 7) is 0.674. The lowest BCUT2D eigenvalue weighted by atomic mass is 9.89. The van der Waals surface area contributed by atoms with Crippen molar-refractivity contribution >= 4 is 64.6 Å². The second-order valence-electron chi connectivity index (χ2n) is 14.3. The Hall–Kier alpha value is -6.36. The van der Waals surface area contributed by atoms with Crippen molar-refractivity contribution in [1.29, 1.82) is 0 Å². The van der Waals surface area contributed by atoms with Gasteiger partial charge in [-0.2, -0.15) is 0 Å². The Bertz CT molecular complexity index is 2990. The van der Waals surface area contributed by atoms with Crippen molar-refractivity contribution in [2.75, 3.05) is 0 Å². The molecular formula is C51H39N3. The summed E-state index contributed by atoms with van der Waals surface area (Å²) < 4.78 is 0. The zero-order valence-electron chi connectivity index (χ0n) is 29.8. The van der Waals surface area contributed by atoms with Crippen molar-refractivity contribution in [3.05, 3.63) is 205 Å². The molecule has 2 unspecified atom stereocenters. The number of hydrogen-bond donors (Lipinski definition) is 3. The molecule has 54 heavy (non-hydrogen) atoms. The highest BCUT2D eigenvalue weighted by atomic mass is 15.2. The van der Waals surface area contributed by atoms with Gasteiger partial charge >= 0.3 is 0 Å². The standard InChI is InChI=1S/C51H39N3/c52-50(37-12-2-1-3-13-37)54-51(53-32-33-18-26-43-40(30-33)25-28-45-41-15-7-4-10-34(41)23-27-46(43)45)38-21-19-36(20-22-38)49-44-17-9-6-14-39(44)31-48-42-16-8-5-11-35(42)24-29-47(48)49/h1-31,50-51,53-54H,32,52H2. The van der Waals surface area contributed by atoms with Crippen molar-refractivity contribution in [3.8, 4) is 11.1 Å². The molecule has 0 spiro atoms. The molecule has 3 heteroatoms. The van der Waals surface area contributed by atoms with E-state index in [1.807, 2.05) is 18.2 Å². The van der Waals surface area contributed by atoms with Gasteiger partial charge in [0.1, 0.15) is 0 Å². The highest BCUT2D eigenvalue weighted by Gasteiger charge is 2.18. The lowest BCUT2D eigenvalue weighted by molar-refractivity contribution is 0.386. The Morgan fingerprint density at radius 2 is 0.926 bits per heavy atom. The van der Waals surface area contributed by atoms with E-state index in [9.17, 15) is 0 Å². The van der Waals surface area contributed by atoms with Crippen LogP contribution in [-0.2, 0) is 6.54 Å². The Morgan fingerprint density at radius 3 is 1.65 bits per heavy atom. The minimum atomic E-state index is -0.351. The number of benzene rings is 10. The first-order chi connectivity index (χ1) is 26.7. The molecule has 10 rings (SSSR count). The van der Waals surface area contributed by atoms with Crippen LogP contribution in [0.1, 0.15) is 29.0 Å². The van der Waals surface area contributed by atoms with E-state index >= 15 is 0 Å².